The van der Waals surface area contributed by atoms with Crippen molar-refractivity contribution in [2.45, 2.75) is 52.0 Å². The van der Waals surface area contributed by atoms with Gasteiger partial charge in [-0.05, 0) is 30.9 Å². The first-order valence-corrected chi connectivity index (χ1v) is 12.0. The lowest BCUT2D eigenvalue weighted by molar-refractivity contribution is 0.00246. The molecule has 2 unspecified atom stereocenters. The molecule has 0 spiro atoms. The number of nitrogens with zero attached hydrogens (tertiary/aromatic N) is 2. The lowest BCUT2D eigenvalue weighted by Gasteiger charge is -2.37. The molecular formula is C25H43IN4O2. The van der Waals surface area contributed by atoms with E-state index in [2.05, 4.69) is 67.5 Å². The lowest BCUT2D eigenvalue weighted by Crippen LogP contribution is -2.53. The van der Waals surface area contributed by atoms with Crippen LogP contribution in [0.2, 0.25) is 0 Å². The van der Waals surface area contributed by atoms with Crippen LogP contribution in [0.5, 0.6) is 0 Å². The summed E-state index contributed by atoms with van der Waals surface area (Å²) in [6.07, 6.45) is 2.21. The Labute approximate surface area is 211 Å². The molecule has 7 heteroatoms. The number of ether oxygens (including phenoxy) is 2. The van der Waals surface area contributed by atoms with Gasteiger partial charge in [-0.15, -0.1) is 24.0 Å². The minimum atomic E-state index is -0.0163. The SMILES string of the molecule is CCNC(=NCC(C)(C)c1ccc(CC)cc1)NCC(C1CCOC1)N1CCOCC1.I. The third-order valence-electron chi connectivity index (χ3n) is 6.62. The molecule has 3 rings (SSSR count). The van der Waals surface area contributed by atoms with Gasteiger partial charge < -0.3 is 20.1 Å². The maximum atomic E-state index is 5.71. The average molecular weight is 559 g/mol. The quantitative estimate of drug-likeness (QED) is 0.277. The maximum absolute atomic E-state index is 5.71. The van der Waals surface area contributed by atoms with E-state index >= 15 is 0 Å². The van der Waals surface area contributed by atoms with Crippen molar-refractivity contribution in [1.82, 2.24) is 15.5 Å². The van der Waals surface area contributed by atoms with E-state index in [1.165, 1.54) is 11.1 Å². The molecule has 2 N–H and O–H groups in total. The first-order valence-electron chi connectivity index (χ1n) is 12.0. The Morgan fingerprint density at radius 2 is 1.81 bits per heavy atom. The zero-order valence-corrected chi connectivity index (χ0v) is 22.7. The third kappa shape index (κ3) is 7.85. The number of guanidine groups is 1. The highest BCUT2D eigenvalue weighted by molar-refractivity contribution is 14.0. The summed E-state index contributed by atoms with van der Waals surface area (Å²) in [4.78, 5) is 7.54. The largest absolute Gasteiger partial charge is 0.381 e. The summed E-state index contributed by atoms with van der Waals surface area (Å²) in [5.74, 6) is 1.47. The Morgan fingerprint density at radius 1 is 1.09 bits per heavy atom. The van der Waals surface area contributed by atoms with Gasteiger partial charge in [0.25, 0.3) is 0 Å². The van der Waals surface area contributed by atoms with Gasteiger partial charge in [-0.25, -0.2) is 0 Å². The van der Waals surface area contributed by atoms with Crippen LogP contribution in [0.25, 0.3) is 0 Å². The number of aliphatic imine (C=N–C) groups is 1. The smallest absolute Gasteiger partial charge is 0.191 e. The molecule has 1 aromatic carbocycles. The summed E-state index contributed by atoms with van der Waals surface area (Å²) in [6.45, 7) is 16.7. The fourth-order valence-corrected chi connectivity index (χ4v) is 4.46. The molecule has 0 saturated carbocycles. The molecule has 0 aliphatic carbocycles. The summed E-state index contributed by atoms with van der Waals surface area (Å²) >= 11 is 0. The molecule has 2 saturated heterocycles. The molecule has 2 heterocycles. The second kappa shape index (κ2) is 13.7. The molecule has 1 aromatic rings. The fourth-order valence-electron chi connectivity index (χ4n) is 4.46. The number of halogens is 1. The van der Waals surface area contributed by atoms with Crippen LogP contribution in [-0.4, -0.2) is 76.1 Å². The van der Waals surface area contributed by atoms with Crippen molar-refractivity contribution < 1.29 is 9.47 Å². The van der Waals surface area contributed by atoms with E-state index in [9.17, 15) is 0 Å². The average Bonchev–Trinajstić information content (AvgIpc) is 3.33. The number of hydrogen-bond donors (Lipinski definition) is 2. The monoisotopic (exact) mass is 558 g/mol. The molecule has 0 bridgehead atoms. The molecule has 2 atom stereocenters. The van der Waals surface area contributed by atoms with E-state index in [4.69, 9.17) is 14.5 Å². The van der Waals surface area contributed by atoms with Gasteiger partial charge in [-0.3, -0.25) is 9.89 Å². The standard InChI is InChI=1S/C25H42N4O2.HI/c1-5-20-7-9-22(10-8-20)25(3,4)19-28-24(26-6-2)27-17-23(21-11-14-31-18-21)29-12-15-30-16-13-29;/h7-10,21,23H,5-6,11-19H2,1-4H3,(H2,26,27,28);1H. The topological polar surface area (TPSA) is 58.1 Å². The van der Waals surface area contributed by atoms with E-state index in [0.29, 0.717) is 12.0 Å². The molecule has 32 heavy (non-hydrogen) atoms. The third-order valence-corrected chi connectivity index (χ3v) is 6.62. The predicted molar refractivity (Wildman–Crippen MR) is 143 cm³/mol. The van der Waals surface area contributed by atoms with Gasteiger partial charge in [0.15, 0.2) is 5.96 Å². The van der Waals surface area contributed by atoms with E-state index in [-0.39, 0.29) is 29.4 Å². The van der Waals surface area contributed by atoms with Crippen LogP contribution in [0.3, 0.4) is 0 Å². The number of aryl methyl sites for hydroxylation is 1. The first kappa shape index (κ1) is 27.3. The van der Waals surface area contributed by atoms with Crippen molar-refractivity contribution in [1.29, 1.82) is 0 Å². The Balaban J connectivity index is 0.00000363. The van der Waals surface area contributed by atoms with E-state index in [1.54, 1.807) is 0 Å². The van der Waals surface area contributed by atoms with Crippen molar-refractivity contribution in [3.05, 3.63) is 35.4 Å². The Bertz CT molecular complexity index is 684. The highest BCUT2D eigenvalue weighted by atomic mass is 127. The predicted octanol–water partition coefficient (Wildman–Crippen LogP) is 3.44. The summed E-state index contributed by atoms with van der Waals surface area (Å²) in [6, 6.07) is 9.43. The number of benzene rings is 1. The number of nitrogens with one attached hydrogen (secondary N) is 2. The van der Waals surface area contributed by atoms with Crippen LogP contribution >= 0.6 is 24.0 Å². The highest BCUT2D eigenvalue weighted by Crippen LogP contribution is 2.24. The van der Waals surface area contributed by atoms with Gasteiger partial charge >= 0.3 is 0 Å². The summed E-state index contributed by atoms with van der Waals surface area (Å²) < 4.78 is 11.3. The summed E-state index contributed by atoms with van der Waals surface area (Å²) in [5.41, 5.74) is 2.69. The minimum Gasteiger partial charge on any atom is -0.381 e. The number of morpholine rings is 1. The first-order chi connectivity index (χ1) is 15.0. The zero-order valence-electron chi connectivity index (χ0n) is 20.4. The van der Waals surface area contributed by atoms with Gasteiger partial charge in [0.2, 0.25) is 0 Å². The van der Waals surface area contributed by atoms with Crippen LogP contribution in [0.1, 0.15) is 45.2 Å². The van der Waals surface area contributed by atoms with Crippen LogP contribution in [0.15, 0.2) is 29.3 Å². The molecule has 6 nitrogen and oxygen atoms in total. The Kier molecular flexibility index (Phi) is 11.7. The van der Waals surface area contributed by atoms with Crippen LogP contribution < -0.4 is 10.6 Å². The second-order valence-corrected chi connectivity index (χ2v) is 9.35. The molecule has 0 amide bonds. The Hall–Kier alpha value is -0.900. The molecule has 0 aromatic heterocycles. The molecule has 2 aliphatic rings. The van der Waals surface area contributed by atoms with Crippen LogP contribution in [-0.2, 0) is 21.3 Å². The zero-order chi connectivity index (χ0) is 22.1. The second-order valence-electron chi connectivity index (χ2n) is 9.35. The normalized spacial score (nSPS) is 21.1. The maximum Gasteiger partial charge on any atom is 0.191 e. The summed E-state index contributed by atoms with van der Waals surface area (Å²) in [7, 11) is 0. The highest BCUT2D eigenvalue weighted by Gasteiger charge is 2.31. The van der Waals surface area contributed by atoms with E-state index < -0.39 is 0 Å². The fraction of sp³-hybridized carbons (Fsp3) is 0.720. The molecule has 182 valence electrons. The van der Waals surface area contributed by atoms with Crippen molar-refractivity contribution in [2.75, 3.05) is 59.2 Å². The van der Waals surface area contributed by atoms with Crippen molar-refractivity contribution >= 4 is 29.9 Å². The lowest BCUT2D eigenvalue weighted by atomic mass is 9.84. The van der Waals surface area contributed by atoms with Gasteiger partial charge in [0.05, 0.1) is 26.4 Å². The Morgan fingerprint density at radius 3 is 2.41 bits per heavy atom. The number of hydrogen-bond acceptors (Lipinski definition) is 4. The van der Waals surface area contributed by atoms with E-state index in [0.717, 1.165) is 78.0 Å². The summed E-state index contributed by atoms with van der Waals surface area (Å²) in [5, 5.41) is 7.08. The van der Waals surface area contributed by atoms with Crippen molar-refractivity contribution in [3.63, 3.8) is 0 Å². The number of rotatable bonds is 9. The van der Waals surface area contributed by atoms with Gasteiger partial charge in [-0.2, -0.15) is 0 Å². The molecule has 2 fully saturated rings. The van der Waals surface area contributed by atoms with Gasteiger partial charge in [0.1, 0.15) is 0 Å². The molecular weight excluding hydrogens is 515 g/mol. The minimum absolute atomic E-state index is 0. The van der Waals surface area contributed by atoms with Gasteiger partial charge in [-0.1, -0.05) is 45.0 Å². The van der Waals surface area contributed by atoms with Crippen LogP contribution in [0, 0.1) is 5.92 Å². The van der Waals surface area contributed by atoms with E-state index in [1.807, 2.05) is 0 Å². The molecule has 2 aliphatic heterocycles. The van der Waals surface area contributed by atoms with Crippen LogP contribution in [0.4, 0.5) is 0 Å². The van der Waals surface area contributed by atoms with Gasteiger partial charge in [0, 0.05) is 50.2 Å². The van der Waals surface area contributed by atoms with Crippen molar-refractivity contribution in [2.24, 2.45) is 10.9 Å². The molecule has 0 radical (unpaired) electrons. The van der Waals surface area contributed by atoms with Crippen molar-refractivity contribution in [3.8, 4) is 0 Å².